The van der Waals surface area contributed by atoms with E-state index in [4.69, 9.17) is 38.0 Å². The van der Waals surface area contributed by atoms with Crippen molar-refractivity contribution in [2.24, 2.45) is 0 Å². The molecule has 2 fully saturated rings. The maximum absolute atomic E-state index is 14.3. The second-order valence-corrected chi connectivity index (χ2v) is 25.0. The summed E-state index contributed by atoms with van der Waals surface area (Å²) in [5.74, 6) is -10.2. The predicted molar refractivity (Wildman–Crippen MR) is 355 cm³/mol. The third-order valence-electron chi connectivity index (χ3n) is 15.8. The number of nitrogens with one attached hydrogen (secondary N) is 7. The number of aromatic nitrogens is 1. The first kappa shape index (κ1) is 79.9. The van der Waals surface area contributed by atoms with Gasteiger partial charge >= 0.3 is 17.9 Å². The zero-order chi connectivity index (χ0) is 71.6. The van der Waals surface area contributed by atoms with Gasteiger partial charge in [0.1, 0.15) is 21.4 Å². The Hall–Kier alpha value is -8.10. The van der Waals surface area contributed by atoms with E-state index in [1.54, 1.807) is 39.0 Å². The molecule has 0 spiro atoms. The third kappa shape index (κ3) is 29.3. The van der Waals surface area contributed by atoms with E-state index in [-0.39, 0.29) is 145 Å². The SMILES string of the molecule is N=S(=N)(F)C1CC(F)(F)CN1C(=O)CNC(=O)c1ccnc2c(NC(=O)C(CCCCNC(=O)CCOCCOCCOCCOCCOCCOCCNC(=O)CN3CCN(CC(=O)O)CCN(CC(=O)O)CCN(CC(=O)O)CC3)NC(=O)c3cccc4ccccc34)cccc12. The fourth-order valence-electron chi connectivity index (χ4n) is 10.8. The van der Waals surface area contributed by atoms with E-state index in [9.17, 15) is 71.1 Å². The number of likely N-dealkylation sites (tertiary alicyclic amines) is 1. The number of carboxylic acid groups (broad SMARTS) is 3. The summed E-state index contributed by atoms with van der Waals surface area (Å²) in [5, 5.41) is 41.7. The predicted octanol–water partition coefficient (Wildman–Crippen LogP) is 1.98. The molecule has 2 unspecified atom stereocenters. The zero-order valence-corrected chi connectivity index (χ0v) is 55.9. The summed E-state index contributed by atoms with van der Waals surface area (Å²) in [7, 11) is -4.57. The highest BCUT2D eigenvalue weighted by atomic mass is 32.2. The summed E-state index contributed by atoms with van der Waals surface area (Å²) in [6.45, 7) is 3.49. The lowest BCUT2D eigenvalue weighted by molar-refractivity contribution is -0.140. The molecular weight excluding hydrogens is 1330 g/mol. The summed E-state index contributed by atoms with van der Waals surface area (Å²) in [6, 6.07) is 17.4. The fourth-order valence-corrected chi connectivity index (χ4v) is 11.8. The molecule has 31 nitrogen and oxygen atoms in total. The van der Waals surface area contributed by atoms with Gasteiger partial charge in [0.15, 0.2) is 0 Å². The van der Waals surface area contributed by atoms with Gasteiger partial charge in [-0.3, -0.25) is 67.7 Å². The van der Waals surface area contributed by atoms with Crippen LogP contribution < -0.4 is 26.6 Å². The van der Waals surface area contributed by atoms with Gasteiger partial charge in [0.25, 0.3) is 17.7 Å². The number of para-hydroxylation sites is 1. The highest BCUT2D eigenvalue weighted by molar-refractivity contribution is 7.89. The Morgan fingerprint density at radius 2 is 1.05 bits per heavy atom. The Morgan fingerprint density at radius 3 is 1.61 bits per heavy atom. The van der Waals surface area contributed by atoms with Crippen LogP contribution in [-0.4, -0.2) is 299 Å². The van der Waals surface area contributed by atoms with E-state index in [1.807, 2.05) is 23.1 Å². The van der Waals surface area contributed by atoms with Crippen LogP contribution >= 0.6 is 0 Å². The molecule has 0 aliphatic carbocycles. The number of alkyl halides is 2. The Bertz CT molecular complexity index is 3400. The Labute approximate surface area is 571 Å². The van der Waals surface area contributed by atoms with Crippen LogP contribution in [0.1, 0.15) is 52.8 Å². The third-order valence-corrected chi connectivity index (χ3v) is 16.9. The smallest absolute Gasteiger partial charge is 0.317 e. The maximum atomic E-state index is 14.3. The normalized spacial score (nSPS) is 16.3. The Kier molecular flexibility index (Phi) is 34.0. The molecule has 35 heteroatoms. The molecule has 0 saturated carbocycles. The van der Waals surface area contributed by atoms with E-state index in [2.05, 4.69) is 31.6 Å². The van der Waals surface area contributed by atoms with E-state index in [0.717, 1.165) is 5.39 Å². The number of halogens is 3. The molecule has 2 saturated heterocycles. The fraction of sp³-hybridized carbons (Fsp3) is 0.562. The van der Waals surface area contributed by atoms with E-state index < -0.39 is 88.4 Å². The number of carbonyl (C=O) groups is 9. The number of anilines is 1. The molecule has 6 rings (SSSR count). The van der Waals surface area contributed by atoms with E-state index in [1.165, 1.54) is 30.5 Å². The molecule has 2 aliphatic heterocycles. The number of carbonyl (C=O) groups excluding carboxylic acids is 6. The monoisotopic (exact) mass is 1420 g/mol. The molecule has 1 aromatic heterocycles. The molecule has 99 heavy (non-hydrogen) atoms. The molecule has 3 heterocycles. The number of carboxylic acids is 3. The van der Waals surface area contributed by atoms with Crippen LogP contribution in [0.5, 0.6) is 0 Å². The molecule has 3 aromatic carbocycles. The number of benzene rings is 3. The maximum Gasteiger partial charge on any atom is 0.317 e. The van der Waals surface area contributed by atoms with Crippen molar-refractivity contribution in [1.29, 1.82) is 9.56 Å². The molecule has 2 atom stereocenters. The summed E-state index contributed by atoms with van der Waals surface area (Å²) in [4.78, 5) is 126. The number of fused-ring (bicyclic) bond motifs is 2. The summed E-state index contributed by atoms with van der Waals surface area (Å²) < 4.78 is 90.8. The van der Waals surface area contributed by atoms with Gasteiger partial charge in [0.2, 0.25) is 23.6 Å². The quantitative estimate of drug-likeness (QED) is 0.0284. The number of unbranched alkanes of at least 4 members (excludes halogenated alkanes) is 1. The van der Waals surface area contributed by atoms with Gasteiger partial charge in [-0.2, -0.15) is 0 Å². The number of hydrogen-bond acceptors (Lipinski definition) is 22. The molecule has 2 aliphatic rings. The number of pyridine rings is 1. The lowest BCUT2D eigenvalue weighted by Crippen LogP contribution is -2.50. The van der Waals surface area contributed by atoms with E-state index in [0.29, 0.717) is 101 Å². The van der Waals surface area contributed by atoms with Crippen molar-refractivity contribution < 1.29 is 99.6 Å². The largest absolute Gasteiger partial charge is 0.480 e. The topological polar surface area (TPSA) is 407 Å². The van der Waals surface area contributed by atoms with Crippen LogP contribution in [-0.2, 0) is 72.0 Å². The lowest BCUT2D eigenvalue weighted by atomic mass is 10.0. The zero-order valence-electron chi connectivity index (χ0n) is 55.1. The number of ether oxygens (including phenoxy) is 6. The average Bonchev–Trinajstić information content (AvgIpc) is 1.78. The van der Waals surface area contributed by atoms with Crippen LogP contribution in [0.4, 0.5) is 18.4 Å². The first-order valence-corrected chi connectivity index (χ1v) is 34.0. The molecule has 6 amide bonds. The average molecular weight is 1420 g/mol. The Morgan fingerprint density at radius 1 is 0.566 bits per heavy atom. The van der Waals surface area contributed by atoms with Crippen molar-refractivity contribution in [3.8, 4) is 0 Å². The van der Waals surface area contributed by atoms with E-state index >= 15 is 0 Å². The molecule has 0 radical (unpaired) electrons. The first-order chi connectivity index (χ1) is 47.5. The van der Waals surface area contributed by atoms with Crippen molar-refractivity contribution >= 4 is 90.7 Å². The molecule has 4 aromatic rings. The van der Waals surface area contributed by atoms with Crippen LogP contribution in [0, 0.1) is 9.56 Å². The molecular formula is C64H90F3N13O18S. The molecule has 10 N–H and O–H groups in total. The van der Waals surface area contributed by atoms with Gasteiger partial charge in [-0.1, -0.05) is 48.5 Å². The van der Waals surface area contributed by atoms with Gasteiger partial charge in [-0.15, -0.1) is 3.89 Å². The van der Waals surface area contributed by atoms with Crippen LogP contribution in [0.25, 0.3) is 21.7 Å². The summed E-state index contributed by atoms with van der Waals surface area (Å²) in [6.07, 6.45) is 1.17. The van der Waals surface area contributed by atoms with Crippen molar-refractivity contribution in [1.82, 2.24) is 50.8 Å². The van der Waals surface area contributed by atoms with Crippen molar-refractivity contribution in [3.63, 3.8) is 0 Å². The van der Waals surface area contributed by atoms with Gasteiger partial charge in [-0.25, -0.2) is 18.3 Å². The number of nitrogens with zero attached hydrogens (tertiary/aromatic N) is 6. The number of amides is 6. The number of hydrogen-bond donors (Lipinski definition) is 10. The second-order valence-electron chi connectivity index (χ2n) is 23.3. The van der Waals surface area contributed by atoms with Crippen LogP contribution in [0.3, 0.4) is 0 Å². The van der Waals surface area contributed by atoms with Crippen molar-refractivity contribution in [3.05, 3.63) is 84.1 Å². The Balaban J connectivity index is 0.793. The number of rotatable bonds is 42. The minimum atomic E-state index is -4.57. The first-order valence-electron chi connectivity index (χ1n) is 32.4. The standard InChI is InChI=1S/C64H90F3N13O18S/c65-64(66)39-56(99(67,68)69)80(45-64)55(83)40-73-61(90)50-14-17-72-60-48(50)10-6-13-51(60)74-63(92)52(75-62(91)49-11-5-8-46-7-1-2-9-47(46)49)12-3-4-16-70-53(81)15-27-93-29-31-95-33-35-97-37-38-98-36-34-96-32-30-94-28-18-71-54(82)41-76-19-21-77(42-57(84)85)23-25-79(44-59(88)89)26-24-78(22-20-76)43-58(86)87/h1-2,5-11,13-14,17,52,56,68-69H,3-4,12,15-16,18-45H2,(H,70,81)(H,71,82)(H,73,90)(H,74,92)(H,75,91)(H,84,85)(H,86,87)(H,88,89). The highest BCUT2D eigenvalue weighted by Gasteiger charge is 2.50. The van der Waals surface area contributed by atoms with Crippen LogP contribution in [0.2, 0.25) is 0 Å². The number of aliphatic carboxylic acids is 3. The second kappa shape index (κ2) is 42.1. The van der Waals surface area contributed by atoms with Gasteiger partial charge in [0.05, 0.1) is 135 Å². The summed E-state index contributed by atoms with van der Waals surface area (Å²) >= 11 is 0. The van der Waals surface area contributed by atoms with Crippen molar-refractivity contribution in [2.75, 3.05) is 189 Å². The summed E-state index contributed by atoms with van der Waals surface area (Å²) in [5.41, 5.74) is 0.663. The molecule has 546 valence electrons. The van der Waals surface area contributed by atoms with Crippen molar-refractivity contribution in [2.45, 2.75) is 49.4 Å². The minimum absolute atomic E-state index is 0.00568. The van der Waals surface area contributed by atoms with Gasteiger partial charge in [-0.05, 0) is 48.2 Å². The highest BCUT2D eigenvalue weighted by Crippen LogP contribution is 2.36. The molecule has 0 bridgehead atoms. The van der Waals surface area contributed by atoms with Gasteiger partial charge < -0.3 is 75.2 Å². The lowest BCUT2D eigenvalue weighted by Gasteiger charge is -2.32. The minimum Gasteiger partial charge on any atom is -0.480 e. The van der Waals surface area contributed by atoms with Gasteiger partial charge in [0, 0.05) is 95.4 Å². The van der Waals surface area contributed by atoms with Crippen LogP contribution in [0.15, 0.2) is 72.9 Å².